The SMILES string of the molecule is C=C(CO[Si](c1ccccc1)(c1ccccc1)C(C)(C)C)C[C@H](OCc1ccc(OC)cc1)[C@@H](O)C[C@H](C)COCc1ccccc1. The molecular weight excluding hydrogens is 601 g/mol. The molecule has 6 heteroatoms. The van der Waals surface area contributed by atoms with Crippen molar-refractivity contribution >= 4 is 18.7 Å². The fourth-order valence-corrected chi connectivity index (χ4v) is 10.7. The minimum Gasteiger partial charge on any atom is -0.497 e. The van der Waals surface area contributed by atoms with Gasteiger partial charge in [0.05, 0.1) is 39.1 Å². The molecule has 4 rings (SSSR count). The van der Waals surface area contributed by atoms with Crippen LogP contribution in [0.15, 0.2) is 127 Å². The second-order valence-corrected chi connectivity index (χ2v) is 17.8. The Hall–Kier alpha value is -3.52. The minimum atomic E-state index is -2.73. The van der Waals surface area contributed by atoms with Gasteiger partial charge in [0, 0.05) is 6.61 Å². The summed E-state index contributed by atoms with van der Waals surface area (Å²) >= 11 is 0. The number of rotatable bonds is 18. The summed E-state index contributed by atoms with van der Waals surface area (Å²) in [5.41, 5.74) is 3.04. The van der Waals surface area contributed by atoms with E-state index in [0.29, 0.717) is 39.3 Å². The highest BCUT2D eigenvalue weighted by molar-refractivity contribution is 6.99. The molecular formula is C41H52O5Si. The van der Waals surface area contributed by atoms with Gasteiger partial charge in [-0.05, 0) is 57.4 Å². The van der Waals surface area contributed by atoms with E-state index < -0.39 is 20.5 Å². The molecule has 0 saturated heterocycles. The molecule has 0 spiro atoms. The third-order valence-electron chi connectivity index (χ3n) is 8.61. The van der Waals surface area contributed by atoms with E-state index in [2.05, 4.69) is 107 Å². The summed E-state index contributed by atoms with van der Waals surface area (Å²) in [6.45, 7) is 15.2. The van der Waals surface area contributed by atoms with Crippen molar-refractivity contribution in [3.63, 3.8) is 0 Å². The van der Waals surface area contributed by atoms with Crippen LogP contribution in [0.4, 0.5) is 0 Å². The number of aliphatic hydroxyl groups excluding tert-OH is 1. The van der Waals surface area contributed by atoms with Crippen molar-refractivity contribution in [3.05, 3.63) is 139 Å². The summed E-state index contributed by atoms with van der Waals surface area (Å²) in [7, 11) is -1.08. The third-order valence-corrected chi connectivity index (χ3v) is 13.6. The maximum atomic E-state index is 11.5. The van der Waals surface area contributed by atoms with Gasteiger partial charge >= 0.3 is 0 Å². The summed E-state index contributed by atoms with van der Waals surface area (Å²) < 4.78 is 24.9. The lowest BCUT2D eigenvalue weighted by Crippen LogP contribution is -2.66. The third kappa shape index (κ3) is 10.2. The summed E-state index contributed by atoms with van der Waals surface area (Å²) in [5.74, 6) is 0.936. The van der Waals surface area contributed by atoms with Gasteiger partial charge in [-0.2, -0.15) is 0 Å². The number of methoxy groups -OCH3 is 1. The molecule has 1 N–H and O–H groups in total. The van der Waals surface area contributed by atoms with Gasteiger partial charge in [0.2, 0.25) is 0 Å². The van der Waals surface area contributed by atoms with Crippen LogP contribution in [0, 0.1) is 5.92 Å². The lowest BCUT2D eigenvalue weighted by atomic mass is 9.97. The Morgan fingerprint density at radius 2 is 1.30 bits per heavy atom. The molecule has 0 saturated carbocycles. The first-order valence-electron chi connectivity index (χ1n) is 16.6. The topological polar surface area (TPSA) is 57.2 Å². The number of benzene rings is 4. The van der Waals surface area contributed by atoms with Crippen LogP contribution < -0.4 is 15.1 Å². The normalized spacial score (nSPS) is 13.9. The fraction of sp³-hybridized carbons (Fsp3) is 0.366. The van der Waals surface area contributed by atoms with Crippen LogP contribution >= 0.6 is 0 Å². The molecule has 0 aliphatic rings. The smallest absolute Gasteiger partial charge is 0.261 e. The predicted molar refractivity (Wildman–Crippen MR) is 195 cm³/mol. The van der Waals surface area contributed by atoms with Crippen molar-refractivity contribution in [3.8, 4) is 5.75 Å². The standard InChI is InChI=1S/C41H52O5Si/c1-32(28-44-30-34-16-10-7-11-17-34)26-39(42)40(45-31-35-22-24-36(43-6)25-23-35)27-33(2)29-46-47(41(3,4)5,37-18-12-8-13-19-37)38-20-14-9-15-21-38/h7-25,32,39-40,42H,2,26-31H2,1,3-6H3/t32-,39-,40-/m0/s1. The Balaban J connectivity index is 1.48. The second-order valence-electron chi connectivity index (χ2n) is 13.5. The highest BCUT2D eigenvalue weighted by Gasteiger charge is 2.50. The zero-order chi connectivity index (χ0) is 33.7. The zero-order valence-electron chi connectivity index (χ0n) is 28.7. The van der Waals surface area contributed by atoms with Gasteiger partial charge in [0.25, 0.3) is 8.32 Å². The van der Waals surface area contributed by atoms with E-state index in [0.717, 1.165) is 22.4 Å². The Morgan fingerprint density at radius 1 is 0.766 bits per heavy atom. The van der Waals surface area contributed by atoms with Crippen molar-refractivity contribution < 1.29 is 23.7 Å². The largest absolute Gasteiger partial charge is 0.497 e. The first-order valence-corrected chi connectivity index (χ1v) is 18.5. The molecule has 4 aromatic carbocycles. The lowest BCUT2D eigenvalue weighted by molar-refractivity contribution is -0.0580. The number of aliphatic hydroxyl groups is 1. The molecule has 0 fully saturated rings. The number of ether oxygens (including phenoxy) is 3. The summed E-state index contributed by atoms with van der Waals surface area (Å²) in [6, 6.07) is 39.2. The molecule has 0 bridgehead atoms. The maximum Gasteiger partial charge on any atom is 0.261 e. The lowest BCUT2D eigenvalue weighted by Gasteiger charge is -2.43. The summed E-state index contributed by atoms with van der Waals surface area (Å²) in [6.07, 6.45) is -0.130. The van der Waals surface area contributed by atoms with E-state index in [1.807, 2.05) is 42.5 Å². The van der Waals surface area contributed by atoms with Crippen LogP contribution in [0.1, 0.15) is 51.7 Å². The molecule has 250 valence electrons. The van der Waals surface area contributed by atoms with Gasteiger partial charge < -0.3 is 23.7 Å². The van der Waals surface area contributed by atoms with Crippen LogP contribution in [-0.4, -0.2) is 46.0 Å². The Bertz CT molecular complexity index is 1430. The van der Waals surface area contributed by atoms with Crippen molar-refractivity contribution in [2.75, 3.05) is 20.3 Å². The minimum absolute atomic E-state index is 0.141. The summed E-state index contributed by atoms with van der Waals surface area (Å²) in [4.78, 5) is 0. The average molecular weight is 653 g/mol. The highest BCUT2D eigenvalue weighted by Crippen LogP contribution is 2.37. The van der Waals surface area contributed by atoms with Crippen molar-refractivity contribution in [2.24, 2.45) is 5.92 Å². The molecule has 3 atom stereocenters. The highest BCUT2D eigenvalue weighted by atomic mass is 28.4. The quantitative estimate of drug-likeness (QED) is 0.0882. The van der Waals surface area contributed by atoms with Crippen LogP contribution in [0.2, 0.25) is 5.04 Å². The molecule has 0 aliphatic carbocycles. The maximum absolute atomic E-state index is 11.5. The van der Waals surface area contributed by atoms with Crippen LogP contribution in [0.5, 0.6) is 5.75 Å². The molecule has 0 aromatic heterocycles. The number of hydrogen-bond donors (Lipinski definition) is 1. The van der Waals surface area contributed by atoms with Gasteiger partial charge in [-0.25, -0.2) is 0 Å². The van der Waals surface area contributed by atoms with E-state index in [1.54, 1.807) is 7.11 Å². The van der Waals surface area contributed by atoms with Gasteiger partial charge in [-0.15, -0.1) is 0 Å². The number of hydrogen-bond acceptors (Lipinski definition) is 5. The van der Waals surface area contributed by atoms with E-state index in [9.17, 15) is 5.11 Å². The average Bonchev–Trinajstić information content (AvgIpc) is 3.08. The predicted octanol–water partition coefficient (Wildman–Crippen LogP) is 7.71. The first-order chi connectivity index (χ1) is 22.6. The van der Waals surface area contributed by atoms with E-state index in [4.69, 9.17) is 18.6 Å². The monoisotopic (exact) mass is 652 g/mol. The molecule has 47 heavy (non-hydrogen) atoms. The molecule has 4 aromatic rings. The van der Waals surface area contributed by atoms with Crippen molar-refractivity contribution in [2.45, 2.75) is 71.0 Å². The van der Waals surface area contributed by atoms with Crippen molar-refractivity contribution in [1.82, 2.24) is 0 Å². The molecule has 0 amide bonds. The molecule has 0 radical (unpaired) electrons. The first kappa shape index (κ1) is 36.3. The van der Waals surface area contributed by atoms with Crippen LogP contribution in [-0.2, 0) is 27.1 Å². The molecule has 5 nitrogen and oxygen atoms in total. The van der Waals surface area contributed by atoms with Crippen LogP contribution in [0.25, 0.3) is 0 Å². The Labute approximate surface area is 283 Å². The Kier molecular flexibility index (Phi) is 13.6. The molecule has 0 heterocycles. The second kappa shape index (κ2) is 17.6. The van der Waals surface area contributed by atoms with Crippen LogP contribution in [0.3, 0.4) is 0 Å². The van der Waals surface area contributed by atoms with Gasteiger partial charge in [0.1, 0.15) is 5.75 Å². The van der Waals surface area contributed by atoms with Gasteiger partial charge in [-0.3, -0.25) is 0 Å². The molecule has 0 unspecified atom stereocenters. The summed E-state index contributed by atoms with van der Waals surface area (Å²) in [5, 5.41) is 13.9. The van der Waals surface area contributed by atoms with E-state index >= 15 is 0 Å². The zero-order valence-corrected chi connectivity index (χ0v) is 29.7. The van der Waals surface area contributed by atoms with Gasteiger partial charge in [-0.1, -0.05) is 143 Å². The van der Waals surface area contributed by atoms with Crippen molar-refractivity contribution in [1.29, 1.82) is 0 Å². The Morgan fingerprint density at radius 3 is 1.83 bits per heavy atom. The van der Waals surface area contributed by atoms with E-state index in [-0.39, 0.29) is 11.0 Å². The fourth-order valence-electron chi connectivity index (χ4n) is 6.13. The molecule has 0 aliphatic heterocycles. The van der Waals surface area contributed by atoms with Gasteiger partial charge in [0.15, 0.2) is 0 Å². The van der Waals surface area contributed by atoms with E-state index in [1.165, 1.54) is 10.4 Å².